The van der Waals surface area contributed by atoms with Crippen LogP contribution in [0.2, 0.25) is 0 Å². The fourth-order valence-electron chi connectivity index (χ4n) is 2.69. The Kier molecular flexibility index (Phi) is 3.84. The number of hydrogen-bond donors (Lipinski definition) is 1. The number of aromatic nitrogens is 3. The summed E-state index contributed by atoms with van der Waals surface area (Å²) in [4.78, 5) is 4.67. The Morgan fingerprint density at radius 3 is 2.68 bits per heavy atom. The maximum Gasteiger partial charge on any atom is 0.161 e. The van der Waals surface area contributed by atoms with Gasteiger partial charge < -0.3 is 5.32 Å². The Hall–Kier alpha value is -2.36. The van der Waals surface area contributed by atoms with Crippen LogP contribution >= 0.6 is 0 Å². The first kappa shape index (κ1) is 14.6. The molecule has 0 aliphatic rings. The molecular formula is C18H22N4. The summed E-state index contributed by atoms with van der Waals surface area (Å²) in [5.74, 6) is 1.01. The Morgan fingerprint density at radius 2 is 1.95 bits per heavy atom. The van der Waals surface area contributed by atoms with Crippen LogP contribution in [-0.4, -0.2) is 21.1 Å². The van der Waals surface area contributed by atoms with Gasteiger partial charge in [0.15, 0.2) is 5.65 Å². The van der Waals surface area contributed by atoms with E-state index in [1.54, 1.807) is 0 Å². The number of aryl methyl sites for hydroxylation is 3. The summed E-state index contributed by atoms with van der Waals surface area (Å²) >= 11 is 0. The molecule has 0 amide bonds. The average molecular weight is 294 g/mol. The number of nitrogens with zero attached hydrogens (tertiary/aromatic N) is 3. The van der Waals surface area contributed by atoms with E-state index < -0.39 is 0 Å². The largest absolute Gasteiger partial charge is 0.370 e. The highest BCUT2D eigenvalue weighted by molar-refractivity contribution is 5.72. The van der Waals surface area contributed by atoms with Crippen LogP contribution in [0.4, 0.5) is 5.82 Å². The van der Waals surface area contributed by atoms with E-state index in [9.17, 15) is 0 Å². The van der Waals surface area contributed by atoms with Gasteiger partial charge in [-0.05, 0) is 33.3 Å². The molecule has 0 fully saturated rings. The van der Waals surface area contributed by atoms with Gasteiger partial charge in [-0.3, -0.25) is 0 Å². The van der Waals surface area contributed by atoms with Crippen molar-refractivity contribution in [3.05, 3.63) is 47.2 Å². The summed E-state index contributed by atoms with van der Waals surface area (Å²) in [6, 6.07) is 10.5. The number of nitrogens with one attached hydrogen (secondary N) is 1. The number of anilines is 1. The maximum absolute atomic E-state index is 4.81. The fraction of sp³-hybridized carbons (Fsp3) is 0.333. The molecule has 1 N–H and O–H groups in total. The number of rotatable bonds is 4. The van der Waals surface area contributed by atoms with Crippen LogP contribution in [0.15, 0.2) is 30.3 Å². The van der Waals surface area contributed by atoms with Crippen molar-refractivity contribution in [2.24, 2.45) is 0 Å². The SMILES string of the molecule is CCCNc1cc(C)nc2c(C)c(-c3cccc(C)c3)nn12. The third-order valence-corrected chi connectivity index (χ3v) is 3.79. The average Bonchev–Trinajstić information content (AvgIpc) is 2.82. The van der Waals surface area contributed by atoms with E-state index in [1.807, 2.05) is 11.4 Å². The van der Waals surface area contributed by atoms with Crippen molar-refractivity contribution in [2.45, 2.75) is 34.1 Å². The van der Waals surface area contributed by atoms with Crippen molar-refractivity contribution < 1.29 is 0 Å². The molecule has 0 unspecified atom stereocenters. The van der Waals surface area contributed by atoms with Crippen molar-refractivity contribution in [3.8, 4) is 11.3 Å². The molecule has 114 valence electrons. The summed E-state index contributed by atoms with van der Waals surface area (Å²) in [5, 5.41) is 8.25. The summed E-state index contributed by atoms with van der Waals surface area (Å²) in [5.41, 5.74) is 6.43. The van der Waals surface area contributed by atoms with Crippen LogP contribution in [-0.2, 0) is 0 Å². The van der Waals surface area contributed by atoms with Crippen molar-refractivity contribution in [2.75, 3.05) is 11.9 Å². The maximum atomic E-state index is 4.81. The first-order chi connectivity index (χ1) is 10.6. The zero-order valence-electron chi connectivity index (χ0n) is 13.6. The molecular weight excluding hydrogens is 272 g/mol. The van der Waals surface area contributed by atoms with Gasteiger partial charge >= 0.3 is 0 Å². The predicted molar refractivity (Wildman–Crippen MR) is 91.4 cm³/mol. The molecule has 22 heavy (non-hydrogen) atoms. The van der Waals surface area contributed by atoms with Crippen molar-refractivity contribution in [1.82, 2.24) is 14.6 Å². The van der Waals surface area contributed by atoms with Gasteiger partial charge in [0.05, 0.1) is 5.69 Å². The van der Waals surface area contributed by atoms with E-state index in [2.05, 4.69) is 61.4 Å². The van der Waals surface area contributed by atoms with Gasteiger partial charge in [0, 0.05) is 29.4 Å². The minimum absolute atomic E-state index is 0.926. The summed E-state index contributed by atoms with van der Waals surface area (Å²) < 4.78 is 1.93. The third-order valence-electron chi connectivity index (χ3n) is 3.79. The molecule has 0 aliphatic carbocycles. The first-order valence-corrected chi connectivity index (χ1v) is 7.78. The molecule has 2 aromatic heterocycles. The standard InChI is InChI=1S/C18H22N4/c1-5-9-19-16-11-13(3)20-18-14(4)17(21-22(16)18)15-8-6-7-12(2)10-15/h6-8,10-11,19H,5,9H2,1-4H3. The second kappa shape index (κ2) is 5.79. The molecule has 3 aromatic rings. The van der Waals surface area contributed by atoms with Gasteiger partial charge in [-0.2, -0.15) is 9.61 Å². The van der Waals surface area contributed by atoms with Gasteiger partial charge in [0.1, 0.15) is 5.82 Å². The molecule has 3 rings (SSSR count). The minimum Gasteiger partial charge on any atom is -0.370 e. The molecule has 0 bridgehead atoms. The molecule has 0 spiro atoms. The Bertz CT molecular complexity index is 817. The van der Waals surface area contributed by atoms with Crippen LogP contribution in [0, 0.1) is 20.8 Å². The lowest BCUT2D eigenvalue weighted by Gasteiger charge is -2.07. The fourth-order valence-corrected chi connectivity index (χ4v) is 2.69. The van der Waals surface area contributed by atoms with Crippen molar-refractivity contribution in [1.29, 1.82) is 0 Å². The molecule has 1 aromatic carbocycles. The van der Waals surface area contributed by atoms with E-state index >= 15 is 0 Å². The van der Waals surface area contributed by atoms with Gasteiger partial charge in [-0.15, -0.1) is 0 Å². The molecule has 0 saturated heterocycles. The topological polar surface area (TPSA) is 42.2 Å². The van der Waals surface area contributed by atoms with Crippen LogP contribution in [0.25, 0.3) is 16.9 Å². The highest BCUT2D eigenvalue weighted by Gasteiger charge is 2.15. The zero-order chi connectivity index (χ0) is 15.7. The lowest BCUT2D eigenvalue weighted by atomic mass is 10.1. The smallest absolute Gasteiger partial charge is 0.161 e. The van der Waals surface area contributed by atoms with Crippen LogP contribution in [0.3, 0.4) is 0 Å². The van der Waals surface area contributed by atoms with Crippen LogP contribution in [0.5, 0.6) is 0 Å². The quantitative estimate of drug-likeness (QED) is 0.786. The number of hydrogen-bond acceptors (Lipinski definition) is 3. The van der Waals surface area contributed by atoms with Gasteiger partial charge in [0.2, 0.25) is 0 Å². The normalized spacial score (nSPS) is 11.1. The first-order valence-electron chi connectivity index (χ1n) is 7.78. The summed E-state index contributed by atoms with van der Waals surface area (Å²) in [6.45, 7) is 9.30. The van der Waals surface area contributed by atoms with Crippen molar-refractivity contribution in [3.63, 3.8) is 0 Å². The molecule has 4 heteroatoms. The molecule has 2 heterocycles. The second-order valence-electron chi connectivity index (χ2n) is 5.79. The molecule has 4 nitrogen and oxygen atoms in total. The number of benzene rings is 1. The molecule has 0 saturated carbocycles. The second-order valence-corrected chi connectivity index (χ2v) is 5.79. The zero-order valence-corrected chi connectivity index (χ0v) is 13.6. The number of fused-ring (bicyclic) bond motifs is 1. The molecule has 0 radical (unpaired) electrons. The Morgan fingerprint density at radius 1 is 1.14 bits per heavy atom. The van der Waals surface area contributed by atoms with Gasteiger partial charge in [0.25, 0.3) is 0 Å². The predicted octanol–water partition coefficient (Wildman–Crippen LogP) is 4.14. The van der Waals surface area contributed by atoms with E-state index in [1.165, 1.54) is 5.56 Å². The summed E-state index contributed by atoms with van der Waals surface area (Å²) in [6.07, 6.45) is 1.08. The van der Waals surface area contributed by atoms with E-state index in [0.717, 1.165) is 46.9 Å². The molecule has 0 atom stereocenters. The van der Waals surface area contributed by atoms with E-state index in [-0.39, 0.29) is 0 Å². The van der Waals surface area contributed by atoms with E-state index in [0.29, 0.717) is 0 Å². The summed E-state index contributed by atoms with van der Waals surface area (Å²) in [7, 11) is 0. The monoisotopic (exact) mass is 294 g/mol. The highest BCUT2D eigenvalue weighted by Crippen LogP contribution is 2.27. The third kappa shape index (κ3) is 2.56. The Labute approximate surface area is 131 Å². The highest BCUT2D eigenvalue weighted by atomic mass is 15.3. The van der Waals surface area contributed by atoms with Crippen molar-refractivity contribution >= 4 is 11.5 Å². The van der Waals surface area contributed by atoms with Gasteiger partial charge in [-0.25, -0.2) is 4.98 Å². The lowest BCUT2D eigenvalue weighted by molar-refractivity contribution is 0.899. The molecule has 0 aliphatic heterocycles. The van der Waals surface area contributed by atoms with E-state index in [4.69, 9.17) is 5.10 Å². The van der Waals surface area contributed by atoms with Crippen LogP contribution < -0.4 is 5.32 Å². The van der Waals surface area contributed by atoms with Crippen LogP contribution in [0.1, 0.15) is 30.2 Å². The minimum atomic E-state index is 0.926. The van der Waals surface area contributed by atoms with Gasteiger partial charge in [-0.1, -0.05) is 30.7 Å². The Balaban J connectivity index is 2.19. The lowest BCUT2D eigenvalue weighted by Crippen LogP contribution is -2.07.